The van der Waals surface area contributed by atoms with Crippen molar-refractivity contribution in [2.75, 3.05) is 25.6 Å². The van der Waals surface area contributed by atoms with E-state index in [9.17, 15) is 0 Å². The van der Waals surface area contributed by atoms with Gasteiger partial charge in [0.25, 0.3) is 0 Å². The van der Waals surface area contributed by atoms with Gasteiger partial charge in [0.05, 0.1) is 13.2 Å². The van der Waals surface area contributed by atoms with Crippen LogP contribution < -0.4 is 10.1 Å². The van der Waals surface area contributed by atoms with Crippen LogP contribution in [0.5, 0.6) is 5.75 Å². The molecule has 1 N–H and O–H groups in total. The Bertz CT molecular complexity index is 543. The van der Waals surface area contributed by atoms with E-state index in [4.69, 9.17) is 9.47 Å². The van der Waals surface area contributed by atoms with Crippen molar-refractivity contribution in [3.63, 3.8) is 0 Å². The normalized spacial score (nSPS) is 16.8. The second kappa shape index (κ2) is 5.96. The summed E-state index contributed by atoms with van der Waals surface area (Å²) in [6, 6.07) is 8.22. The topological polar surface area (TPSA) is 48.3 Å². The van der Waals surface area contributed by atoms with Crippen LogP contribution in [0, 0.1) is 0 Å². The van der Waals surface area contributed by atoms with Crippen molar-refractivity contribution in [1.29, 1.82) is 0 Å². The molecule has 0 bridgehead atoms. The average Bonchev–Trinajstić information content (AvgIpc) is 3.06. The van der Waals surface area contributed by atoms with Crippen LogP contribution in [0.4, 0.5) is 5.95 Å². The molecule has 0 fully saturated rings. The Hall–Kier alpha value is -2.01. The first-order chi connectivity index (χ1) is 9.86. The zero-order valence-corrected chi connectivity index (χ0v) is 11.6. The number of benzene rings is 1. The number of nitrogens with one attached hydrogen (secondary N) is 1. The Morgan fingerprint density at radius 2 is 2.35 bits per heavy atom. The van der Waals surface area contributed by atoms with E-state index in [2.05, 4.69) is 27.0 Å². The Labute approximate surface area is 118 Å². The number of aromatic nitrogens is 2. The van der Waals surface area contributed by atoms with Gasteiger partial charge in [-0.05, 0) is 11.6 Å². The number of rotatable bonds is 6. The maximum Gasteiger partial charge on any atom is 0.202 e. The van der Waals surface area contributed by atoms with Crippen molar-refractivity contribution >= 4 is 5.95 Å². The minimum absolute atomic E-state index is 0.171. The molecular formula is C15H19N3O2. The number of anilines is 1. The van der Waals surface area contributed by atoms with Crippen LogP contribution in [-0.2, 0) is 17.7 Å². The first kappa shape index (κ1) is 13.0. The molecule has 0 amide bonds. The standard InChI is InChI=1S/C15H19N3O2/c1-19-9-7-17-15-16-6-8-18(15)11-13-10-12-4-2-3-5-14(12)20-13/h2-6,8,13H,7,9-11H2,1H3,(H,16,17). The molecule has 0 spiro atoms. The van der Waals surface area contributed by atoms with Gasteiger partial charge in [0, 0.05) is 32.5 Å². The van der Waals surface area contributed by atoms with E-state index >= 15 is 0 Å². The highest BCUT2D eigenvalue weighted by atomic mass is 16.5. The van der Waals surface area contributed by atoms with Gasteiger partial charge in [0.2, 0.25) is 5.95 Å². The van der Waals surface area contributed by atoms with E-state index < -0.39 is 0 Å². The number of imidazole rings is 1. The summed E-state index contributed by atoms with van der Waals surface area (Å²) in [5.74, 6) is 1.87. The Kier molecular flexibility index (Phi) is 3.87. The monoisotopic (exact) mass is 273 g/mol. The van der Waals surface area contributed by atoms with Crippen LogP contribution in [0.1, 0.15) is 5.56 Å². The first-order valence-corrected chi connectivity index (χ1v) is 6.85. The number of nitrogens with zero attached hydrogens (tertiary/aromatic N) is 2. The maximum absolute atomic E-state index is 5.96. The van der Waals surface area contributed by atoms with E-state index in [1.54, 1.807) is 13.3 Å². The number of hydrogen-bond acceptors (Lipinski definition) is 4. The molecule has 0 radical (unpaired) electrons. The molecule has 2 heterocycles. The molecule has 1 aliphatic heterocycles. The van der Waals surface area contributed by atoms with E-state index in [1.165, 1.54) is 5.56 Å². The molecule has 3 rings (SSSR count). The Morgan fingerprint density at radius 3 is 3.20 bits per heavy atom. The van der Waals surface area contributed by atoms with Crippen molar-refractivity contribution in [2.24, 2.45) is 0 Å². The highest BCUT2D eigenvalue weighted by molar-refractivity contribution is 5.37. The summed E-state index contributed by atoms with van der Waals surface area (Å²) in [5, 5.41) is 3.26. The number of hydrogen-bond donors (Lipinski definition) is 1. The smallest absolute Gasteiger partial charge is 0.202 e. The zero-order chi connectivity index (χ0) is 13.8. The van der Waals surface area contributed by atoms with Gasteiger partial charge in [-0.2, -0.15) is 0 Å². The van der Waals surface area contributed by atoms with Crippen LogP contribution in [0.15, 0.2) is 36.7 Å². The van der Waals surface area contributed by atoms with E-state index in [-0.39, 0.29) is 6.10 Å². The number of methoxy groups -OCH3 is 1. The minimum Gasteiger partial charge on any atom is -0.488 e. The zero-order valence-electron chi connectivity index (χ0n) is 11.6. The third-order valence-corrected chi connectivity index (χ3v) is 3.42. The number of fused-ring (bicyclic) bond motifs is 1. The lowest BCUT2D eigenvalue weighted by atomic mass is 10.1. The fourth-order valence-electron chi connectivity index (χ4n) is 2.46. The summed E-state index contributed by atoms with van der Waals surface area (Å²) in [5.41, 5.74) is 1.28. The fourth-order valence-corrected chi connectivity index (χ4v) is 2.46. The summed E-state index contributed by atoms with van der Waals surface area (Å²) in [6.07, 6.45) is 4.90. The molecule has 106 valence electrons. The number of para-hydroxylation sites is 1. The second-order valence-corrected chi connectivity index (χ2v) is 4.87. The molecule has 5 heteroatoms. The summed E-state index contributed by atoms with van der Waals surface area (Å²) in [6.45, 7) is 2.21. The third kappa shape index (κ3) is 2.77. The lowest BCUT2D eigenvalue weighted by Gasteiger charge is -2.14. The molecule has 1 aliphatic rings. The predicted octanol–water partition coefficient (Wildman–Crippen LogP) is 1.95. The fraction of sp³-hybridized carbons (Fsp3) is 0.400. The lowest BCUT2D eigenvalue weighted by molar-refractivity contribution is 0.207. The molecule has 20 heavy (non-hydrogen) atoms. The van der Waals surface area contributed by atoms with E-state index in [0.717, 1.165) is 31.2 Å². The summed E-state index contributed by atoms with van der Waals surface area (Å²) in [7, 11) is 1.69. The van der Waals surface area contributed by atoms with Crippen LogP contribution in [0.25, 0.3) is 0 Å². The molecule has 0 aliphatic carbocycles. The molecule has 1 unspecified atom stereocenters. The molecule has 0 saturated carbocycles. The first-order valence-electron chi connectivity index (χ1n) is 6.85. The Morgan fingerprint density at radius 1 is 1.45 bits per heavy atom. The number of ether oxygens (including phenoxy) is 2. The summed E-state index contributed by atoms with van der Waals surface area (Å²) < 4.78 is 13.1. The van der Waals surface area contributed by atoms with Crippen molar-refractivity contribution in [1.82, 2.24) is 9.55 Å². The van der Waals surface area contributed by atoms with Crippen molar-refractivity contribution in [3.8, 4) is 5.75 Å². The van der Waals surface area contributed by atoms with Gasteiger partial charge in [-0.3, -0.25) is 0 Å². The van der Waals surface area contributed by atoms with Crippen molar-refractivity contribution in [2.45, 2.75) is 19.1 Å². The highest BCUT2D eigenvalue weighted by Gasteiger charge is 2.23. The molecule has 2 aromatic rings. The van der Waals surface area contributed by atoms with Gasteiger partial charge in [0.1, 0.15) is 11.9 Å². The molecule has 5 nitrogen and oxygen atoms in total. The van der Waals surface area contributed by atoms with Gasteiger partial charge in [0.15, 0.2) is 0 Å². The Balaban J connectivity index is 1.61. The van der Waals surface area contributed by atoms with Crippen LogP contribution in [0.2, 0.25) is 0 Å². The van der Waals surface area contributed by atoms with Crippen molar-refractivity contribution < 1.29 is 9.47 Å². The maximum atomic E-state index is 5.96. The predicted molar refractivity (Wildman–Crippen MR) is 77.2 cm³/mol. The SMILES string of the molecule is COCCNc1nccn1CC1Cc2ccccc2O1. The lowest BCUT2D eigenvalue weighted by Crippen LogP contribution is -2.22. The molecule has 1 aromatic heterocycles. The summed E-state index contributed by atoms with van der Waals surface area (Å²) >= 11 is 0. The van der Waals surface area contributed by atoms with Crippen LogP contribution in [-0.4, -0.2) is 35.9 Å². The largest absolute Gasteiger partial charge is 0.488 e. The molecule has 1 atom stereocenters. The molecule has 1 aromatic carbocycles. The highest BCUT2D eigenvalue weighted by Crippen LogP contribution is 2.29. The van der Waals surface area contributed by atoms with Gasteiger partial charge >= 0.3 is 0 Å². The third-order valence-electron chi connectivity index (χ3n) is 3.42. The average molecular weight is 273 g/mol. The van der Waals surface area contributed by atoms with Gasteiger partial charge in [-0.15, -0.1) is 0 Å². The minimum atomic E-state index is 0.171. The van der Waals surface area contributed by atoms with Crippen molar-refractivity contribution in [3.05, 3.63) is 42.2 Å². The van der Waals surface area contributed by atoms with E-state index in [1.807, 2.05) is 18.3 Å². The molecule has 0 saturated heterocycles. The van der Waals surface area contributed by atoms with Crippen LogP contribution >= 0.6 is 0 Å². The van der Waals surface area contributed by atoms with E-state index in [0.29, 0.717) is 6.61 Å². The van der Waals surface area contributed by atoms with Gasteiger partial charge in [-0.25, -0.2) is 4.98 Å². The second-order valence-electron chi connectivity index (χ2n) is 4.87. The summed E-state index contributed by atoms with van der Waals surface area (Å²) in [4.78, 5) is 4.32. The van der Waals surface area contributed by atoms with Gasteiger partial charge in [-0.1, -0.05) is 18.2 Å². The quantitative estimate of drug-likeness (QED) is 0.817. The van der Waals surface area contributed by atoms with Gasteiger partial charge < -0.3 is 19.4 Å². The van der Waals surface area contributed by atoms with Crippen LogP contribution in [0.3, 0.4) is 0 Å². The molecular weight excluding hydrogens is 254 g/mol.